The van der Waals surface area contributed by atoms with Gasteiger partial charge in [-0.05, 0) is 79.6 Å². The zero-order valence-electron chi connectivity index (χ0n) is 39.3. The molecule has 8 rings (SSSR count). The fraction of sp³-hybridized carbons (Fsp3) is 0.477. The maximum Gasteiger partial charge on any atom is 0.259 e. The molecule has 14 nitrogen and oxygen atoms in total. The molecule has 2 aromatic carbocycles. The van der Waals surface area contributed by atoms with Crippen LogP contribution in [-0.2, 0) is 29.7 Å². The number of piperazine rings is 1. The Balaban J connectivity index is 0.873. The van der Waals surface area contributed by atoms with Crippen LogP contribution < -0.4 is 30.1 Å². The van der Waals surface area contributed by atoms with Crippen molar-refractivity contribution in [2.75, 3.05) is 83.8 Å². The van der Waals surface area contributed by atoms with Gasteiger partial charge < -0.3 is 33.6 Å². The summed E-state index contributed by atoms with van der Waals surface area (Å²) in [5.74, 6) is 0.604. The van der Waals surface area contributed by atoms with Gasteiger partial charge in [-0.25, -0.2) is 4.98 Å². The van der Waals surface area contributed by atoms with Crippen LogP contribution >= 0.6 is 0 Å². The minimum atomic E-state index is -3.02. The van der Waals surface area contributed by atoms with Crippen molar-refractivity contribution in [1.82, 2.24) is 29.6 Å². The summed E-state index contributed by atoms with van der Waals surface area (Å²) in [4.78, 5) is 64.0. The molecule has 0 radical (unpaired) electrons. The molecule has 0 spiro atoms. The Morgan fingerprint density at radius 1 is 0.879 bits per heavy atom. The van der Waals surface area contributed by atoms with E-state index < -0.39 is 25.9 Å². The predicted molar refractivity (Wildman–Crippen MR) is 224 cm³/mol. The Morgan fingerprint density at radius 2 is 1.60 bits per heavy atom. The number of nitrogens with one attached hydrogen (secondary N) is 1. The van der Waals surface area contributed by atoms with Crippen LogP contribution in [0.1, 0.15) is 61.8 Å². The van der Waals surface area contributed by atoms with Crippen molar-refractivity contribution in [3.8, 4) is 22.6 Å². The number of fused-ring (bicyclic) bond motifs is 2. The van der Waals surface area contributed by atoms with Crippen molar-refractivity contribution in [1.29, 1.82) is 0 Å². The highest BCUT2D eigenvalue weighted by molar-refractivity contribution is 6.05. The van der Waals surface area contributed by atoms with Crippen LogP contribution in [0.5, 0.6) is 11.5 Å². The van der Waals surface area contributed by atoms with Gasteiger partial charge in [-0.15, -0.1) is 0 Å². The van der Waals surface area contributed by atoms with Crippen molar-refractivity contribution in [3.63, 3.8) is 0 Å². The Labute approximate surface area is 347 Å². The third kappa shape index (κ3) is 7.74. The maximum atomic E-state index is 13.4. The summed E-state index contributed by atoms with van der Waals surface area (Å²) in [7, 11) is 4.77. The molecule has 14 heteroatoms. The molecule has 6 heterocycles. The van der Waals surface area contributed by atoms with E-state index in [1.54, 1.807) is 32.4 Å². The molecule has 306 valence electrons. The van der Waals surface area contributed by atoms with Gasteiger partial charge in [0, 0.05) is 123 Å². The minimum absolute atomic E-state index is 0.151. The van der Waals surface area contributed by atoms with Crippen LogP contribution in [0.15, 0.2) is 53.6 Å². The molecule has 3 amide bonds. The molecule has 4 aromatic rings. The lowest BCUT2D eigenvalue weighted by molar-refractivity contribution is -0.136. The number of aromatic nitrogens is 2. The maximum absolute atomic E-state index is 13.4. The average molecular weight is 797 g/mol. The molecule has 0 aliphatic carbocycles. The number of hydrogen-bond donors (Lipinski definition) is 1. The smallest absolute Gasteiger partial charge is 0.259 e. The van der Waals surface area contributed by atoms with E-state index in [0.29, 0.717) is 63.9 Å². The number of carbonyl (C=O) groups excluding carboxylic acids is 3. The second-order valence-corrected chi connectivity index (χ2v) is 15.8. The lowest BCUT2D eigenvalue weighted by Gasteiger charge is -2.37. The van der Waals surface area contributed by atoms with Gasteiger partial charge in [0.15, 0.2) is 0 Å². The number of carbonyl (C=O) groups is 3. The Kier molecular flexibility index (Phi) is 9.19. The Hall–Kier alpha value is -5.47. The molecule has 0 saturated carbocycles. The first-order valence-electron chi connectivity index (χ1n) is 23.0. The fourth-order valence-corrected chi connectivity index (χ4v) is 8.98. The van der Waals surface area contributed by atoms with E-state index in [1.165, 1.54) is 16.8 Å². The number of benzene rings is 2. The number of pyridine rings is 2. The second kappa shape index (κ2) is 16.4. The normalized spacial score (nSPS) is 21.4. The Morgan fingerprint density at radius 3 is 2.29 bits per heavy atom. The van der Waals surface area contributed by atoms with Crippen LogP contribution in [0.25, 0.3) is 21.9 Å². The van der Waals surface area contributed by atoms with Gasteiger partial charge in [-0.1, -0.05) is 6.07 Å². The molecular formula is C44H54N8O6. The van der Waals surface area contributed by atoms with Gasteiger partial charge in [0.2, 0.25) is 11.8 Å². The number of methoxy groups -OCH3 is 2. The lowest BCUT2D eigenvalue weighted by Crippen LogP contribution is -2.52. The van der Waals surface area contributed by atoms with Gasteiger partial charge in [0.1, 0.15) is 23.4 Å². The first-order valence-corrected chi connectivity index (χ1v) is 20.0. The molecule has 3 saturated heterocycles. The van der Waals surface area contributed by atoms with E-state index in [4.69, 9.17) is 17.7 Å². The van der Waals surface area contributed by atoms with Crippen molar-refractivity contribution in [3.05, 3.63) is 75.8 Å². The number of aryl methyl sites for hydroxylation is 1. The minimum Gasteiger partial charge on any atom is -0.496 e. The van der Waals surface area contributed by atoms with Crippen LogP contribution in [0.3, 0.4) is 0 Å². The van der Waals surface area contributed by atoms with Crippen molar-refractivity contribution in [2.45, 2.75) is 51.2 Å². The number of piperidine rings is 2. The summed E-state index contributed by atoms with van der Waals surface area (Å²) in [6.07, 6.45) is 6.67. The number of anilines is 2. The van der Waals surface area contributed by atoms with E-state index in [1.807, 2.05) is 24.3 Å². The summed E-state index contributed by atoms with van der Waals surface area (Å²) >= 11 is 0. The number of rotatable bonds is 11. The molecule has 4 aliphatic rings. The van der Waals surface area contributed by atoms with E-state index in [0.717, 1.165) is 81.9 Å². The van der Waals surface area contributed by atoms with Gasteiger partial charge >= 0.3 is 0 Å². The molecule has 58 heavy (non-hydrogen) atoms. The fourth-order valence-electron chi connectivity index (χ4n) is 8.98. The second-order valence-electron chi connectivity index (χ2n) is 15.8. The summed E-state index contributed by atoms with van der Waals surface area (Å²) in [5, 5.41) is 2.90. The van der Waals surface area contributed by atoms with Gasteiger partial charge in [-0.2, -0.15) is 0 Å². The third-order valence-electron chi connectivity index (χ3n) is 12.4. The van der Waals surface area contributed by atoms with Crippen molar-refractivity contribution in [2.24, 2.45) is 13.0 Å². The largest absolute Gasteiger partial charge is 0.496 e. The number of hydrogen-bond acceptors (Lipinski definition) is 11. The van der Waals surface area contributed by atoms with Crippen LogP contribution in [-0.4, -0.2) is 122 Å². The standard InChI is InChI=1S/C44H54N8O6/c1-47(2)40-23-33-34(24-45-40)43(55)48(3)26-35(33)30-20-38(57-4)36(39(21-30)58-5)27-50-18-16-49(17-19-50)13-10-28-11-14-51(15-12-28)31-7-6-29-25-52(44(56)32(29)22-31)37-8-9-41(53)46-42(37)54/h6-7,20-24,26,28,37H,8-19,25,27H2,1-5H3,(H,46,53,54)/i1D3,2D3. The number of amides is 3. The highest BCUT2D eigenvalue weighted by Gasteiger charge is 2.39. The molecule has 3 fully saturated rings. The van der Waals surface area contributed by atoms with Gasteiger partial charge in [0.25, 0.3) is 11.5 Å². The summed E-state index contributed by atoms with van der Waals surface area (Å²) in [5.41, 5.74) is 4.23. The number of nitrogens with zero attached hydrogens (tertiary/aromatic N) is 7. The van der Waals surface area contributed by atoms with E-state index >= 15 is 0 Å². The first-order chi connectivity index (χ1) is 30.4. The van der Waals surface area contributed by atoms with Gasteiger partial charge in [-0.3, -0.25) is 29.4 Å². The van der Waals surface area contributed by atoms with Gasteiger partial charge in [0.05, 0.1) is 25.2 Å². The lowest BCUT2D eigenvalue weighted by atomic mass is 9.92. The highest BCUT2D eigenvalue weighted by atomic mass is 16.5. The van der Waals surface area contributed by atoms with E-state index in [-0.39, 0.29) is 35.0 Å². The third-order valence-corrected chi connectivity index (χ3v) is 12.4. The molecule has 2 aromatic heterocycles. The zero-order chi connectivity index (χ0) is 45.7. The van der Waals surface area contributed by atoms with Crippen molar-refractivity contribution >= 4 is 40.0 Å². The molecule has 0 bridgehead atoms. The predicted octanol–water partition coefficient (Wildman–Crippen LogP) is 3.87. The summed E-state index contributed by atoms with van der Waals surface area (Å²) < 4.78 is 60.7. The SMILES string of the molecule is [2H]C([2H])([2H])N(c1cc2c(-c3cc(OC)c(CN4CCN(CCC5CCN(c6ccc7c(c6)C(=O)N(C6CCC(=O)NC6=O)C7)CC5)CC4)c(OC)c3)cn(C)c(=O)c2cn1)C([2H])([2H])[2H]. The summed E-state index contributed by atoms with van der Waals surface area (Å²) in [6.45, 7) is 1.32. The topological polar surface area (TPSA) is 133 Å². The monoisotopic (exact) mass is 796 g/mol. The van der Waals surface area contributed by atoms with E-state index in [2.05, 4.69) is 31.1 Å². The molecule has 1 N–H and O–H groups in total. The quantitative estimate of drug-likeness (QED) is 0.222. The average Bonchev–Trinajstić information content (AvgIpc) is 3.58. The number of imide groups is 1. The van der Waals surface area contributed by atoms with Crippen LogP contribution in [0, 0.1) is 5.92 Å². The molecule has 1 atom stereocenters. The first kappa shape index (κ1) is 32.5. The van der Waals surface area contributed by atoms with E-state index in [9.17, 15) is 19.2 Å². The highest BCUT2D eigenvalue weighted by Crippen LogP contribution is 2.39. The summed E-state index contributed by atoms with van der Waals surface area (Å²) in [6, 6.07) is 10.5. The van der Waals surface area contributed by atoms with Crippen LogP contribution in [0.2, 0.25) is 0 Å². The Bertz CT molecular complexity index is 2480. The van der Waals surface area contributed by atoms with Crippen molar-refractivity contribution < 1.29 is 32.1 Å². The number of ether oxygens (including phenoxy) is 2. The molecule has 1 unspecified atom stereocenters. The van der Waals surface area contributed by atoms with Crippen LogP contribution in [0.4, 0.5) is 11.5 Å². The molecule has 4 aliphatic heterocycles. The zero-order valence-corrected chi connectivity index (χ0v) is 33.3. The molecular weight excluding hydrogens is 737 g/mol.